The molecule has 4 aromatic rings. The molecule has 6 rings (SSSR count). The molecule has 3 aromatic heterocycles. The second-order valence-corrected chi connectivity index (χ2v) is 9.48. The first-order valence-corrected chi connectivity index (χ1v) is 11.3. The number of amides is 1. The number of methoxy groups -OCH3 is 1. The smallest absolute Gasteiger partial charge is 0.247 e. The number of carbonyl (C=O) groups excluding carboxylic acids is 1. The van der Waals surface area contributed by atoms with Crippen LogP contribution in [0.5, 0.6) is 5.88 Å². The van der Waals surface area contributed by atoms with Gasteiger partial charge in [-0.05, 0) is 55.5 Å². The maximum atomic E-state index is 11.8. The van der Waals surface area contributed by atoms with Gasteiger partial charge in [0.05, 0.1) is 18.0 Å². The number of fused-ring (bicyclic) bond motifs is 2. The summed E-state index contributed by atoms with van der Waals surface area (Å²) in [6, 6.07) is 12.9. The van der Waals surface area contributed by atoms with Gasteiger partial charge in [-0.3, -0.25) is 9.78 Å². The molecule has 0 spiro atoms. The highest BCUT2D eigenvalue weighted by Gasteiger charge is 2.51. The summed E-state index contributed by atoms with van der Waals surface area (Å²) in [5.74, 6) is 0.946. The summed E-state index contributed by atoms with van der Waals surface area (Å²) >= 11 is 0. The largest absolute Gasteiger partial charge is 0.479 e. The number of hydrogen-bond acceptors (Lipinski definition) is 6. The van der Waals surface area contributed by atoms with Gasteiger partial charge in [-0.1, -0.05) is 19.1 Å². The van der Waals surface area contributed by atoms with Crippen molar-refractivity contribution in [3.63, 3.8) is 0 Å². The number of ether oxygens (including phenoxy) is 1. The minimum Gasteiger partial charge on any atom is -0.479 e. The Labute approximate surface area is 191 Å². The van der Waals surface area contributed by atoms with Crippen molar-refractivity contribution in [2.75, 3.05) is 12.0 Å². The zero-order valence-corrected chi connectivity index (χ0v) is 18.7. The van der Waals surface area contributed by atoms with Crippen molar-refractivity contribution >= 4 is 28.3 Å². The van der Waals surface area contributed by atoms with Crippen molar-refractivity contribution in [2.24, 2.45) is 11.1 Å². The van der Waals surface area contributed by atoms with E-state index >= 15 is 0 Å². The summed E-state index contributed by atoms with van der Waals surface area (Å²) in [4.78, 5) is 23.4. The van der Waals surface area contributed by atoms with Gasteiger partial charge in [0.25, 0.3) is 0 Å². The Balaban J connectivity index is 1.41. The number of carbonyl (C=O) groups is 1. The molecule has 2 N–H and O–H groups in total. The number of benzene rings is 1. The van der Waals surface area contributed by atoms with Gasteiger partial charge >= 0.3 is 0 Å². The first kappa shape index (κ1) is 20.0. The lowest BCUT2D eigenvalue weighted by Gasteiger charge is -2.48. The average Bonchev–Trinajstić information content (AvgIpc) is 3.54. The minimum absolute atomic E-state index is 0.208. The van der Waals surface area contributed by atoms with Gasteiger partial charge in [-0.25, -0.2) is 4.52 Å². The molecule has 3 heterocycles. The first-order valence-electron chi connectivity index (χ1n) is 11.3. The Hall–Kier alpha value is -3.68. The average molecular weight is 443 g/mol. The fourth-order valence-corrected chi connectivity index (χ4v) is 5.06. The highest BCUT2D eigenvalue weighted by atomic mass is 16.5. The molecule has 8 nitrogen and oxygen atoms in total. The van der Waals surface area contributed by atoms with E-state index in [9.17, 15) is 4.79 Å². The van der Waals surface area contributed by atoms with Crippen molar-refractivity contribution < 1.29 is 9.53 Å². The third-order valence-corrected chi connectivity index (χ3v) is 7.11. The molecule has 8 heteroatoms. The van der Waals surface area contributed by atoms with Gasteiger partial charge in [-0.2, -0.15) is 4.98 Å². The molecule has 1 aromatic carbocycles. The third-order valence-electron chi connectivity index (χ3n) is 7.11. The SMILES string of the molecule is COc1nc(N(C2CC2)C2CC(C)(C(N)=O)C2)nn2ccc(-c3ccc4ncccc4c3)c12. The number of primary amides is 1. The van der Waals surface area contributed by atoms with E-state index in [1.54, 1.807) is 13.3 Å². The van der Waals surface area contributed by atoms with Gasteiger partial charge in [0.1, 0.15) is 5.52 Å². The second-order valence-electron chi connectivity index (χ2n) is 9.48. The van der Waals surface area contributed by atoms with Gasteiger partial charge in [-0.15, -0.1) is 5.10 Å². The topological polar surface area (TPSA) is 98.6 Å². The zero-order chi connectivity index (χ0) is 22.7. The van der Waals surface area contributed by atoms with Crippen LogP contribution < -0.4 is 15.4 Å². The maximum absolute atomic E-state index is 11.8. The fourth-order valence-electron chi connectivity index (χ4n) is 5.06. The monoisotopic (exact) mass is 442 g/mol. The van der Waals surface area contributed by atoms with E-state index in [1.165, 1.54) is 0 Å². The summed E-state index contributed by atoms with van der Waals surface area (Å²) in [7, 11) is 1.64. The summed E-state index contributed by atoms with van der Waals surface area (Å²) in [6.45, 7) is 1.94. The number of nitrogens with two attached hydrogens (primary N) is 1. The summed E-state index contributed by atoms with van der Waals surface area (Å²) in [6.07, 6.45) is 7.42. The molecule has 0 saturated heterocycles. The fraction of sp³-hybridized carbons (Fsp3) is 0.360. The van der Waals surface area contributed by atoms with E-state index in [2.05, 4.69) is 28.1 Å². The van der Waals surface area contributed by atoms with Crippen LogP contribution in [0, 0.1) is 5.41 Å². The molecule has 2 saturated carbocycles. The van der Waals surface area contributed by atoms with E-state index < -0.39 is 5.41 Å². The van der Waals surface area contributed by atoms with Crippen LogP contribution in [0.25, 0.3) is 27.5 Å². The molecule has 0 radical (unpaired) electrons. The Bertz CT molecular complexity index is 1390. The quantitative estimate of drug-likeness (QED) is 0.490. The Kier molecular flexibility index (Phi) is 4.33. The molecule has 2 aliphatic rings. The van der Waals surface area contributed by atoms with Gasteiger partial charge in [0, 0.05) is 35.4 Å². The van der Waals surface area contributed by atoms with Crippen molar-refractivity contribution in [3.8, 4) is 17.0 Å². The number of hydrogen-bond donors (Lipinski definition) is 1. The van der Waals surface area contributed by atoms with Gasteiger partial charge in [0.2, 0.25) is 17.7 Å². The van der Waals surface area contributed by atoms with Crippen LogP contribution in [-0.2, 0) is 4.79 Å². The molecule has 2 aliphatic carbocycles. The number of nitrogens with zero attached hydrogens (tertiary/aromatic N) is 5. The molecule has 0 atom stereocenters. The number of anilines is 1. The highest BCUT2D eigenvalue weighted by molar-refractivity contribution is 5.90. The molecule has 0 bridgehead atoms. The second kappa shape index (κ2) is 7.16. The van der Waals surface area contributed by atoms with Crippen LogP contribution in [0.1, 0.15) is 32.6 Å². The van der Waals surface area contributed by atoms with E-state index in [1.807, 2.05) is 35.8 Å². The van der Waals surface area contributed by atoms with Crippen LogP contribution in [-0.4, -0.2) is 44.7 Å². The summed E-state index contributed by atoms with van der Waals surface area (Å²) in [5.41, 5.74) is 9.03. The van der Waals surface area contributed by atoms with Crippen LogP contribution in [0.15, 0.2) is 48.8 Å². The predicted molar refractivity (Wildman–Crippen MR) is 126 cm³/mol. The van der Waals surface area contributed by atoms with Crippen molar-refractivity contribution in [3.05, 3.63) is 48.8 Å². The van der Waals surface area contributed by atoms with Crippen molar-refractivity contribution in [1.29, 1.82) is 0 Å². The molecule has 0 unspecified atom stereocenters. The van der Waals surface area contributed by atoms with Crippen LogP contribution in [0.4, 0.5) is 5.95 Å². The standard InChI is InChI=1S/C25H26N6O2/c1-25(23(26)32)13-18(14-25)31(17-6-7-17)24-28-22(33-2)21-19(9-11-30(21)29-24)15-5-8-20-16(12-15)4-3-10-27-20/h3-5,8-12,17-18H,6-7,13-14H2,1-2H3,(H2,26,32). The van der Waals surface area contributed by atoms with Crippen LogP contribution >= 0.6 is 0 Å². The molecular formula is C25H26N6O2. The molecule has 2 fully saturated rings. The summed E-state index contributed by atoms with van der Waals surface area (Å²) in [5, 5.41) is 5.95. The Morgan fingerprint density at radius 2 is 2.03 bits per heavy atom. The van der Waals surface area contributed by atoms with Crippen LogP contribution in [0.2, 0.25) is 0 Å². The van der Waals surface area contributed by atoms with Crippen molar-refractivity contribution in [2.45, 2.75) is 44.7 Å². The molecule has 33 heavy (non-hydrogen) atoms. The van der Waals surface area contributed by atoms with Crippen molar-refractivity contribution in [1.82, 2.24) is 19.6 Å². The molecule has 0 aliphatic heterocycles. The highest BCUT2D eigenvalue weighted by Crippen LogP contribution is 2.47. The predicted octanol–water partition coefficient (Wildman–Crippen LogP) is 3.58. The normalized spacial score (nSPS) is 22.3. The maximum Gasteiger partial charge on any atom is 0.247 e. The van der Waals surface area contributed by atoms with Gasteiger partial charge < -0.3 is 15.4 Å². The number of pyridine rings is 1. The molecule has 168 valence electrons. The zero-order valence-electron chi connectivity index (χ0n) is 18.7. The van der Waals surface area contributed by atoms with E-state index in [-0.39, 0.29) is 11.9 Å². The lowest BCUT2D eigenvalue weighted by atomic mass is 9.65. The van der Waals surface area contributed by atoms with E-state index in [0.29, 0.717) is 17.9 Å². The lowest BCUT2D eigenvalue weighted by molar-refractivity contribution is -0.132. The number of aromatic nitrogens is 4. The van der Waals surface area contributed by atoms with E-state index in [4.69, 9.17) is 20.6 Å². The molecular weight excluding hydrogens is 416 g/mol. The Morgan fingerprint density at radius 1 is 1.21 bits per heavy atom. The van der Waals surface area contributed by atoms with Gasteiger partial charge in [0.15, 0.2) is 0 Å². The third kappa shape index (κ3) is 3.20. The first-order chi connectivity index (χ1) is 16.0. The lowest BCUT2D eigenvalue weighted by Crippen LogP contribution is -2.56. The number of rotatable bonds is 6. The van der Waals surface area contributed by atoms with Crippen LogP contribution in [0.3, 0.4) is 0 Å². The Morgan fingerprint density at radius 3 is 2.76 bits per heavy atom. The van der Waals surface area contributed by atoms with E-state index in [0.717, 1.165) is 53.2 Å². The summed E-state index contributed by atoms with van der Waals surface area (Å²) < 4.78 is 7.60. The molecule has 1 amide bonds. The minimum atomic E-state index is -0.447.